The standard InChI is InChI=1S/C12H20/c1-7-3-4-9(7)5-10-6-11-8(2)12(10)11/h7-12H,3-6H2,1-2H3. The smallest absolute Gasteiger partial charge is 0.0326 e. The van der Waals surface area contributed by atoms with Gasteiger partial charge in [-0.05, 0) is 54.8 Å². The molecule has 0 aliphatic heterocycles. The number of hydrogen-bond donors (Lipinski definition) is 0. The highest BCUT2D eigenvalue weighted by Crippen LogP contribution is 2.66. The van der Waals surface area contributed by atoms with Crippen molar-refractivity contribution in [3.05, 3.63) is 0 Å². The van der Waals surface area contributed by atoms with E-state index in [1.165, 1.54) is 18.3 Å². The third-order valence-electron chi connectivity index (χ3n) is 5.16. The zero-order valence-electron chi connectivity index (χ0n) is 8.29. The Morgan fingerprint density at radius 2 is 1.92 bits per heavy atom. The average Bonchev–Trinajstić information content (AvgIpc) is 2.50. The van der Waals surface area contributed by atoms with E-state index in [2.05, 4.69) is 13.8 Å². The molecule has 0 spiro atoms. The van der Waals surface area contributed by atoms with Gasteiger partial charge in [-0.1, -0.05) is 20.3 Å². The summed E-state index contributed by atoms with van der Waals surface area (Å²) >= 11 is 0. The van der Waals surface area contributed by atoms with Crippen molar-refractivity contribution in [2.45, 2.75) is 39.5 Å². The Morgan fingerprint density at radius 3 is 2.25 bits per heavy atom. The maximum atomic E-state index is 2.46. The van der Waals surface area contributed by atoms with Crippen LogP contribution in [-0.2, 0) is 0 Å². The van der Waals surface area contributed by atoms with Gasteiger partial charge in [0.05, 0.1) is 0 Å². The Labute approximate surface area is 75.7 Å². The van der Waals surface area contributed by atoms with E-state index in [4.69, 9.17) is 0 Å². The molecule has 0 amide bonds. The predicted octanol–water partition coefficient (Wildman–Crippen LogP) is 3.32. The monoisotopic (exact) mass is 164 g/mol. The Hall–Kier alpha value is 0. The molecule has 0 N–H and O–H groups in total. The van der Waals surface area contributed by atoms with Crippen LogP contribution >= 0.6 is 0 Å². The lowest BCUT2D eigenvalue weighted by Gasteiger charge is -2.38. The molecule has 6 unspecified atom stereocenters. The van der Waals surface area contributed by atoms with Crippen molar-refractivity contribution in [3.8, 4) is 0 Å². The summed E-state index contributed by atoms with van der Waals surface area (Å²) in [5, 5.41) is 0. The number of rotatable bonds is 2. The van der Waals surface area contributed by atoms with Gasteiger partial charge < -0.3 is 0 Å². The fourth-order valence-corrected chi connectivity index (χ4v) is 3.77. The van der Waals surface area contributed by atoms with Gasteiger partial charge in [-0.3, -0.25) is 0 Å². The molecule has 0 nitrogen and oxygen atoms in total. The topological polar surface area (TPSA) is 0 Å². The summed E-state index contributed by atoms with van der Waals surface area (Å²) in [5.41, 5.74) is 0. The number of fused-ring (bicyclic) bond motifs is 1. The zero-order valence-corrected chi connectivity index (χ0v) is 8.29. The van der Waals surface area contributed by atoms with E-state index < -0.39 is 0 Å². The molecule has 3 aliphatic rings. The van der Waals surface area contributed by atoms with Crippen LogP contribution in [0.15, 0.2) is 0 Å². The second kappa shape index (κ2) is 2.27. The normalized spacial score (nSPS) is 61.5. The molecule has 3 aliphatic carbocycles. The summed E-state index contributed by atoms with van der Waals surface area (Å²) in [6.07, 6.45) is 6.24. The van der Waals surface area contributed by atoms with Gasteiger partial charge in [0.15, 0.2) is 0 Å². The van der Waals surface area contributed by atoms with Gasteiger partial charge in [-0.15, -0.1) is 0 Å². The molecule has 0 bridgehead atoms. The highest BCUT2D eigenvalue weighted by molar-refractivity contribution is 5.08. The van der Waals surface area contributed by atoms with Crippen molar-refractivity contribution < 1.29 is 0 Å². The van der Waals surface area contributed by atoms with Gasteiger partial charge >= 0.3 is 0 Å². The van der Waals surface area contributed by atoms with E-state index in [1.807, 2.05) is 0 Å². The van der Waals surface area contributed by atoms with Gasteiger partial charge in [0, 0.05) is 0 Å². The predicted molar refractivity (Wildman–Crippen MR) is 50.8 cm³/mol. The molecule has 0 heterocycles. The first-order valence-electron chi connectivity index (χ1n) is 5.77. The minimum absolute atomic E-state index is 1.07. The molecule has 0 aromatic heterocycles. The molecule has 68 valence electrons. The third kappa shape index (κ3) is 0.843. The summed E-state index contributed by atoms with van der Waals surface area (Å²) in [4.78, 5) is 0. The second-order valence-electron chi connectivity index (χ2n) is 5.65. The van der Waals surface area contributed by atoms with E-state index in [1.54, 1.807) is 19.3 Å². The van der Waals surface area contributed by atoms with Gasteiger partial charge in [-0.2, -0.15) is 0 Å². The van der Waals surface area contributed by atoms with E-state index in [0.717, 1.165) is 23.7 Å². The zero-order chi connectivity index (χ0) is 8.29. The van der Waals surface area contributed by atoms with Crippen LogP contribution in [0.3, 0.4) is 0 Å². The summed E-state index contributed by atoms with van der Waals surface area (Å²) in [5.74, 6) is 6.85. The molecule has 0 aromatic carbocycles. The first-order chi connectivity index (χ1) is 5.77. The first kappa shape index (κ1) is 7.41. The maximum absolute atomic E-state index is 2.46. The fraction of sp³-hybridized carbons (Fsp3) is 1.00. The van der Waals surface area contributed by atoms with Crippen molar-refractivity contribution in [2.75, 3.05) is 0 Å². The molecule has 0 heteroatoms. The Bertz CT molecular complexity index is 192. The van der Waals surface area contributed by atoms with Gasteiger partial charge in [0.25, 0.3) is 0 Å². The highest BCUT2D eigenvalue weighted by Gasteiger charge is 2.60. The van der Waals surface area contributed by atoms with Crippen LogP contribution in [0.2, 0.25) is 0 Å². The Balaban J connectivity index is 1.51. The first-order valence-corrected chi connectivity index (χ1v) is 5.77. The molecule has 0 aromatic rings. The summed E-state index contributed by atoms with van der Waals surface area (Å²) in [6.45, 7) is 4.90. The van der Waals surface area contributed by atoms with Gasteiger partial charge in [0.2, 0.25) is 0 Å². The minimum atomic E-state index is 1.07. The van der Waals surface area contributed by atoms with Crippen molar-refractivity contribution in [1.82, 2.24) is 0 Å². The average molecular weight is 164 g/mol. The van der Waals surface area contributed by atoms with Crippen LogP contribution < -0.4 is 0 Å². The summed E-state index contributed by atoms with van der Waals surface area (Å²) in [7, 11) is 0. The van der Waals surface area contributed by atoms with Crippen molar-refractivity contribution >= 4 is 0 Å². The summed E-state index contributed by atoms with van der Waals surface area (Å²) < 4.78 is 0. The molecular weight excluding hydrogens is 144 g/mol. The number of hydrogen-bond acceptors (Lipinski definition) is 0. The van der Waals surface area contributed by atoms with E-state index >= 15 is 0 Å². The minimum Gasteiger partial charge on any atom is -0.0622 e. The molecule has 3 fully saturated rings. The van der Waals surface area contributed by atoms with Crippen LogP contribution in [0, 0.1) is 35.5 Å². The quantitative estimate of drug-likeness (QED) is 0.587. The second-order valence-corrected chi connectivity index (χ2v) is 5.65. The fourth-order valence-electron chi connectivity index (χ4n) is 3.77. The largest absolute Gasteiger partial charge is 0.0622 e. The van der Waals surface area contributed by atoms with Crippen LogP contribution in [-0.4, -0.2) is 0 Å². The molecule has 0 saturated heterocycles. The van der Waals surface area contributed by atoms with Crippen molar-refractivity contribution in [3.63, 3.8) is 0 Å². The van der Waals surface area contributed by atoms with Crippen LogP contribution in [0.25, 0.3) is 0 Å². The molecule has 12 heavy (non-hydrogen) atoms. The van der Waals surface area contributed by atoms with E-state index in [-0.39, 0.29) is 0 Å². The maximum Gasteiger partial charge on any atom is -0.0326 e. The van der Waals surface area contributed by atoms with E-state index in [9.17, 15) is 0 Å². The molecule has 3 rings (SSSR count). The van der Waals surface area contributed by atoms with Crippen LogP contribution in [0.5, 0.6) is 0 Å². The molecule has 0 radical (unpaired) electrons. The summed E-state index contributed by atoms with van der Waals surface area (Å²) in [6, 6.07) is 0. The van der Waals surface area contributed by atoms with Crippen LogP contribution in [0.1, 0.15) is 39.5 Å². The third-order valence-corrected chi connectivity index (χ3v) is 5.16. The van der Waals surface area contributed by atoms with Gasteiger partial charge in [0.1, 0.15) is 0 Å². The Kier molecular flexibility index (Phi) is 1.40. The Morgan fingerprint density at radius 1 is 1.08 bits per heavy atom. The van der Waals surface area contributed by atoms with Crippen molar-refractivity contribution in [2.24, 2.45) is 35.5 Å². The van der Waals surface area contributed by atoms with Crippen LogP contribution in [0.4, 0.5) is 0 Å². The van der Waals surface area contributed by atoms with E-state index in [0.29, 0.717) is 0 Å². The lowest BCUT2D eigenvalue weighted by molar-refractivity contribution is 0.120. The highest BCUT2D eigenvalue weighted by atomic mass is 14.6. The lowest BCUT2D eigenvalue weighted by Crippen LogP contribution is -2.28. The lowest BCUT2D eigenvalue weighted by atomic mass is 9.67. The SMILES string of the molecule is CC1CCC1CC1CC2C(C)C12. The molecule has 6 atom stereocenters. The van der Waals surface area contributed by atoms with Gasteiger partial charge in [-0.25, -0.2) is 0 Å². The van der Waals surface area contributed by atoms with Crippen molar-refractivity contribution in [1.29, 1.82) is 0 Å². The molecular formula is C12H20. The molecule has 3 saturated carbocycles.